The summed E-state index contributed by atoms with van der Waals surface area (Å²) in [6.45, 7) is 0. The summed E-state index contributed by atoms with van der Waals surface area (Å²) in [5.41, 5.74) is 2.49. The number of hydrogen-bond acceptors (Lipinski definition) is 1. The molecule has 0 saturated heterocycles. The molecule has 27 heavy (non-hydrogen) atoms. The lowest BCUT2D eigenvalue weighted by Gasteiger charge is -2.43. The van der Waals surface area contributed by atoms with Gasteiger partial charge < -0.3 is 16.3 Å². The van der Waals surface area contributed by atoms with E-state index in [0.717, 1.165) is 62.7 Å². The molecule has 0 spiro atoms. The number of halogens is 6. The molecule has 0 unspecified atom stereocenters. The summed E-state index contributed by atoms with van der Waals surface area (Å²) in [4.78, 5) is 0. The van der Waals surface area contributed by atoms with Gasteiger partial charge in [0.25, 0.3) is 0 Å². The van der Waals surface area contributed by atoms with E-state index in [0.29, 0.717) is 11.3 Å². The first-order valence-corrected chi connectivity index (χ1v) is 11.7. The van der Waals surface area contributed by atoms with Gasteiger partial charge in [-0.15, -0.1) is 0 Å². The Labute approximate surface area is 161 Å². The van der Waals surface area contributed by atoms with E-state index in [1.807, 2.05) is 6.07 Å². The molecule has 0 aliphatic heterocycles. The molecule has 8 heteroatoms. The molecule has 1 nitrogen and oxygen atoms in total. The highest BCUT2D eigenvalue weighted by atomic mass is 35.5. The number of rotatable bonds is 6. The maximum Gasteiger partial charge on any atom is 0.499 e. The van der Waals surface area contributed by atoms with Crippen LogP contribution in [0, 0.1) is 5.62 Å². The Kier molecular flexibility index (Phi) is 6.27. The van der Waals surface area contributed by atoms with Gasteiger partial charge in [-0.3, -0.25) is 0 Å². The van der Waals surface area contributed by atoms with E-state index in [2.05, 4.69) is 4.74 Å². The van der Waals surface area contributed by atoms with Gasteiger partial charge in [0.1, 0.15) is 5.75 Å². The summed E-state index contributed by atoms with van der Waals surface area (Å²) in [6.07, 6.45) is -2.47. The molecule has 0 heterocycles. The van der Waals surface area contributed by atoms with E-state index in [-0.39, 0.29) is 0 Å². The number of alkyl halides is 5. The van der Waals surface area contributed by atoms with Crippen LogP contribution in [0.15, 0.2) is 24.3 Å². The van der Waals surface area contributed by atoms with Crippen LogP contribution in [0.3, 0.4) is 0 Å². The van der Waals surface area contributed by atoms with Gasteiger partial charge in [-0.2, -0.15) is 22.0 Å². The van der Waals surface area contributed by atoms with Gasteiger partial charge in [-0.05, 0) is 63.5 Å². The standard InChI is InChI=1S/C19H23ClF5OP/c20-13-27(15-7-1-2-8-15,16-9-3-4-10-16)17-11-5-6-14(12-17)26-19(24,25)18(21,22)23/h5-6,11-13,15-16H,1-4,7-10H2. The summed E-state index contributed by atoms with van der Waals surface area (Å²) in [7, 11) is -2.02. The monoisotopic (exact) mass is 428 g/mol. The van der Waals surface area contributed by atoms with Gasteiger partial charge in [0.2, 0.25) is 0 Å². The molecular formula is C19H23ClF5OP. The summed E-state index contributed by atoms with van der Waals surface area (Å²) in [6, 6.07) is 5.83. The fourth-order valence-corrected chi connectivity index (χ4v) is 10.9. The SMILES string of the molecule is FC(F)(F)C(F)(F)Oc1cccc([P+]([CH-]Cl)(C2CCCC2)C2CCCC2)c1. The second-order valence-electron chi connectivity index (χ2n) is 7.42. The molecule has 2 saturated carbocycles. The van der Waals surface area contributed by atoms with Crippen molar-refractivity contribution in [2.45, 2.75) is 75.0 Å². The Morgan fingerprint density at radius 2 is 1.44 bits per heavy atom. The van der Waals surface area contributed by atoms with Crippen molar-refractivity contribution in [3.05, 3.63) is 29.9 Å². The van der Waals surface area contributed by atoms with Crippen LogP contribution in [0.4, 0.5) is 22.0 Å². The van der Waals surface area contributed by atoms with Gasteiger partial charge in [-0.25, -0.2) is 0 Å². The zero-order chi connectivity index (χ0) is 19.7. The summed E-state index contributed by atoms with van der Waals surface area (Å²) in [5.74, 6) is -0.464. The Hall–Kier alpha value is -0.610. The summed E-state index contributed by atoms with van der Waals surface area (Å²) in [5, 5.41) is 0.784. The Bertz CT molecular complexity index is 623. The summed E-state index contributed by atoms with van der Waals surface area (Å²) < 4.78 is 68.3. The zero-order valence-electron chi connectivity index (χ0n) is 14.8. The molecule has 2 aliphatic carbocycles. The number of benzene rings is 1. The van der Waals surface area contributed by atoms with Gasteiger partial charge in [0.15, 0.2) is 0 Å². The highest BCUT2D eigenvalue weighted by Gasteiger charge is 2.61. The molecule has 0 amide bonds. The zero-order valence-corrected chi connectivity index (χ0v) is 16.5. The van der Waals surface area contributed by atoms with Crippen LogP contribution in [0.2, 0.25) is 0 Å². The largest absolute Gasteiger partial charge is 0.499 e. The van der Waals surface area contributed by atoms with E-state index in [4.69, 9.17) is 11.6 Å². The van der Waals surface area contributed by atoms with Gasteiger partial charge in [-0.1, -0.05) is 18.9 Å². The quantitative estimate of drug-likeness (QED) is 0.266. The van der Waals surface area contributed by atoms with Crippen LogP contribution in [-0.4, -0.2) is 23.6 Å². The lowest BCUT2D eigenvalue weighted by Crippen LogP contribution is -2.42. The van der Waals surface area contributed by atoms with Crippen LogP contribution >= 0.6 is 18.9 Å². The van der Waals surface area contributed by atoms with Crippen molar-refractivity contribution in [3.8, 4) is 5.75 Å². The molecule has 0 N–H and O–H groups in total. The summed E-state index contributed by atoms with van der Waals surface area (Å²) >= 11 is 6.43. The normalized spacial score (nSPS) is 20.4. The minimum Gasteiger partial charge on any atom is -0.426 e. The van der Waals surface area contributed by atoms with E-state index in [1.54, 1.807) is 5.62 Å². The fourth-order valence-electron chi connectivity index (χ4n) is 4.59. The third-order valence-corrected chi connectivity index (χ3v) is 11.8. The average molecular weight is 429 g/mol. The van der Waals surface area contributed by atoms with Crippen molar-refractivity contribution in [2.75, 3.05) is 0 Å². The molecule has 3 rings (SSSR count). The van der Waals surface area contributed by atoms with Gasteiger partial charge in [0, 0.05) is 17.4 Å². The minimum atomic E-state index is -5.76. The Balaban J connectivity index is 1.98. The van der Waals surface area contributed by atoms with E-state index in [1.165, 1.54) is 12.1 Å². The van der Waals surface area contributed by atoms with Crippen molar-refractivity contribution in [1.82, 2.24) is 0 Å². The van der Waals surface area contributed by atoms with E-state index >= 15 is 0 Å². The minimum absolute atomic E-state index is 0.372. The highest BCUT2D eigenvalue weighted by molar-refractivity contribution is 7.87. The molecule has 2 aliphatic rings. The first-order valence-electron chi connectivity index (χ1n) is 9.27. The highest BCUT2D eigenvalue weighted by Crippen LogP contribution is 2.75. The molecule has 152 valence electrons. The fraction of sp³-hybridized carbons (Fsp3) is 0.632. The maximum atomic E-state index is 13.4. The molecule has 1 aromatic carbocycles. The Morgan fingerprint density at radius 1 is 0.926 bits per heavy atom. The average Bonchev–Trinajstić information content (AvgIpc) is 3.29. The molecule has 2 fully saturated rings. The second kappa shape index (κ2) is 8.02. The maximum absolute atomic E-state index is 13.4. The van der Waals surface area contributed by atoms with Crippen molar-refractivity contribution in [3.63, 3.8) is 0 Å². The van der Waals surface area contributed by atoms with Crippen molar-refractivity contribution in [2.24, 2.45) is 0 Å². The third-order valence-electron chi connectivity index (χ3n) is 5.86. The predicted octanol–water partition coefficient (Wildman–Crippen LogP) is 7.11. The van der Waals surface area contributed by atoms with Crippen molar-refractivity contribution in [1.29, 1.82) is 0 Å². The van der Waals surface area contributed by atoms with Crippen molar-refractivity contribution < 1.29 is 26.7 Å². The van der Waals surface area contributed by atoms with Crippen molar-refractivity contribution >= 4 is 24.2 Å². The molecule has 1 aromatic rings. The third kappa shape index (κ3) is 4.07. The molecule has 0 bridgehead atoms. The van der Waals surface area contributed by atoms with Crippen LogP contribution < -0.4 is 10.0 Å². The van der Waals surface area contributed by atoms with E-state index < -0.39 is 25.3 Å². The molecular weight excluding hydrogens is 406 g/mol. The second-order valence-corrected chi connectivity index (χ2v) is 11.8. The molecule has 0 radical (unpaired) electrons. The lowest BCUT2D eigenvalue weighted by atomic mass is 10.3. The van der Waals surface area contributed by atoms with E-state index in [9.17, 15) is 22.0 Å². The lowest BCUT2D eigenvalue weighted by molar-refractivity contribution is -0.360. The van der Waals surface area contributed by atoms with Crippen LogP contribution in [0.5, 0.6) is 5.75 Å². The number of hydrogen-bond donors (Lipinski definition) is 0. The first kappa shape index (κ1) is 21.1. The number of ether oxygens (including phenoxy) is 1. The Morgan fingerprint density at radius 3 is 1.89 bits per heavy atom. The van der Waals surface area contributed by atoms with Crippen LogP contribution in [-0.2, 0) is 0 Å². The van der Waals surface area contributed by atoms with Gasteiger partial charge >= 0.3 is 12.3 Å². The van der Waals surface area contributed by atoms with Crippen LogP contribution in [0.1, 0.15) is 51.4 Å². The smallest absolute Gasteiger partial charge is 0.426 e. The molecule has 0 atom stereocenters. The first-order chi connectivity index (χ1) is 12.7. The van der Waals surface area contributed by atoms with Gasteiger partial charge in [0.05, 0.1) is 5.30 Å². The predicted molar refractivity (Wildman–Crippen MR) is 99.3 cm³/mol. The molecule has 0 aromatic heterocycles. The van der Waals surface area contributed by atoms with Crippen LogP contribution in [0.25, 0.3) is 0 Å². The topological polar surface area (TPSA) is 9.23 Å².